The summed E-state index contributed by atoms with van der Waals surface area (Å²) < 4.78 is 56.4. The number of carbonyl (C=O) groups is 2. The normalized spacial score (nSPS) is 18.2. The van der Waals surface area contributed by atoms with Crippen molar-refractivity contribution in [3.05, 3.63) is 94.7 Å². The van der Waals surface area contributed by atoms with E-state index in [0.717, 1.165) is 22.5 Å². The van der Waals surface area contributed by atoms with E-state index in [1.54, 1.807) is 86.4 Å². The van der Waals surface area contributed by atoms with Gasteiger partial charge in [0, 0.05) is 89.7 Å². The fourth-order valence-electron chi connectivity index (χ4n) is 8.14. The van der Waals surface area contributed by atoms with Gasteiger partial charge in [-0.05, 0) is 114 Å². The molecule has 0 bridgehead atoms. The van der Waals surface area contributed by atoms with Gasteiger partial charge in [-0.25, -0.2) is 16.8 Å². The van der Waals surface area contributed by atoms with E-state index >= 15 is 0 Å². The predicted molar refractivity (Wildman–Crippen MR) is 257 cm³/mol. The monoisotopic (exact) mass is 958 g/mol. The second kappa shape index (κ2) is 20.7. The number of hydrogen-bond donors (Lipinski definition) is 2. The summed E-state index contributed by atoms with van der Waals surface area (Å²) in [6.07, 6.45) is 0. The molecule has 2 atom stereocenters. The molecule has 2 amide bonds. The zero-order valence-electron chi connectivity index (χ0n) is 38.7. The molecule has 4 heterocycles. The molecule has 4 aromatic rings. The molecule has 18 heteroatoms. The maximum Gasteiger partial charge on any atom is 0.252 e. The number of thiophene rings is 2. The van der Waals surface area contributed by atoms with Crippen LogP contribution in [0, 0.1) is 0 Å². The van der Waals surface area contributed by atoms with Crippen molar-refractivity contribution < 1.29 is 36.6 Å². The van der Waals surface area contributed by atoms with Crippen LogP contribution in [0.3, 0.4) is 0 Å². The van der Waals surface area contributed by atoms with Crippen molar-refractivity contribution in [1.29, 1.82) is 0 Å². The fraction of sp³-hybridized carbons (Fsp3) is 0.522. The largest absolute Gasteiger partial charge is 0.386 e. The Morgan fingerprint density at radius 3 is 1.19 bits per heavy atom. The molecule has 6 rings (SSSR count). The number of hydrogen-bond acceptors (Lipinski definition) is 12. The van der Waals surface area contributed by atoms with Gasteiger partial charge >= 0.3 is 0 Å². The standard InChI is InChI=1S/2C23H33N3O4S2/c2*1-17(2)26(18(3)27)16-21-15-24(32(29,30)22-7-6-14-31-22)12-13-25(21)20-10-8-19(9-11-20)23(4,5)28/h2*6-11,14,17,21,28H,12-13,15-16H2,1-5H3/t2*21-/m11/s1. The fourth-order valence-corrected chi connectivity index (χ4v) is 13.4. The number of anilines is 2. The van der Waals surface area contributed by atoms with Crippen molar-refractivity contribution in [2.24, 2.45) is 0 Å². The molecule has 14 nitrogen and oxygen atoms in total. The van der Waals surface area contributed by atoms with E-state index in [2.05, 4.69) is 9.80 Å². The maximum absolute atomic E-state index is 13.2. The minimum absolute atomic E-state index is 0.0104. The van der Waals surface area contributed by atoms with Gasteiger partial charge in [-0.15, -0.1) is 22.7 Å². The molecule has 2 aliphatic heterocycles. The van der Waals surface area contributed by atoms with E-state index in [1.165, 1.54) is 31.3 Å². The SMILES string of the molecule is CC(=O)N(C[C@H]1CN(S(=O)(=O)c2cccs2)CCN1c1ccc(C(C)(C)O)cc1)C(C)C.CC(=O)N(C[C@H]1CN(S(=O)(=O)c2cccs2)CCN1c1ccc(C(C)(C)O)cc1)C(C)C. The Balaban J connectivity index is 0.000000241. The van der Waals surface area contributed by atoms with Gasteiger partial charge in [-0.2, -0.15) is 8.61 Å². The van der Waals surface area contributed by atoms with Gasteiger partial charge in [-0.3, -0.25) is 9.59 Å². The van der Waals surface area contributed by atoms with Crippen LogP contribution in [0.2, 0.25) is 0 Å². The van der Waals surface area contributed by atoms with Crippen LogP contribution in [0.15, 0.2) is 92.0 Å². The topological polar surface area (TPSA) is 162 Å². The zero-order chi connectivity index (χ0) is 47.4. The van der Waals surface area contributed by atoms with Gasteiger partial charge < -0.3 is 29.8 Å². The number of amides is 2. The highest BCUT2D eigenvalue weighted by atomic mass is 32.3. The first-order valence-corrected chi connectivity index (χ1v) is 26.3. The highest BCUT2D eigenvalue weighted by molar-refractivity contribution is 7.91. The van der Waals surface area contributed by atoms with E-state index in [-0.39, 0.29) is 36.0 Å². The minimum Gasteiger partial charge on any atom is -0.386 e. The maximum atomic E-state index is 13.2. The summed E-state index contributed by atoms with van der Waals surface area (Å²) in [7, 11) is -7.14. The second-order valence-electron chi connectivity index (χ2n) is 18.0. The first-order chi connectivity index (χ1) is 29.8. The van der Waals surface area contributed by atoms with Crippen molar-refractivity contribution in [2.75, 3.05) is 62.2 Å². The smallest absolute Gasteiger partial charge is 0.252 e. The number of sulfonamides is 2. The Kier molecular flexibility index (Phi) is 16.6. The van der Waals surface area contributed by atoms with E-state index in [0.29, 0.717) is 60.8 Å². The lowest BCUT2D eigenvalue weighted by atomic mass is 9.98. The van der Waals surface area contributed by atoms with Gasteiger partial charge in [0.25, 0.3) is 20.0 Å². The van der Waals surface area contributed by atoms with Crippen LogP contribution < -0.4 is 9.80 Å². The molecule has 2 saturated heterocycles. The lowest BCUT2D eigenvalue weighted by Crippen LogP contribution is -2.59. The molecule has 352 valence electrons. The minimum atomic E-state index is -3.57. The molecule has 2 N–H and O–H groups in total. The summed E-state index contributed by atoms with van der Waals surface area (Å²) in [5.74, 6) is -0.0638. The van der Waals surface area contributed by atoms with Gasteiger partial charge in [0.15, 0.2) is 0 Å². The lowest BCUT2D eigenvalue weighted by molar-refractivity contribution is -0.131. The van der Waals surface area contributed by atoms with Crippen LogP contribution in [-0.2, 0) is 40.8 Å². The number of aliphatic hydroxyl groups is 2. The Morgan fingerprint density at radius 2 is 0.938 bits per heavy atom. The third-order valence-corrected chi connectivity index (χ3v) is 18.2. The highest BCUT2D eigenvalue weighted by Gasteiger charge is 2.38. The summed E-state index contributed by atoms with van der Waals surface area (Å²) in [5, 5.41) is 24.1. The molecule has 64 heavy (non-hydrogen) atoms. The molecule has 0 aliphatic carbocycles. The Hall–Kier alpha value is -3.88. The van der Waals surface area contributed by atoms with Crippen molar-refractivity contribution in [2.45, 2.75) is 113 Å². The molecule has 2 fully saturated rings. The molecular formula is C46H66N6O8S4. The van der Waals surface area contributed by atoms with E-state index < -0.39 is 31.2 Å². The predicted octanol–water partition coefficient (Wildman–Crippen LogP) is 6.22. The van der Waals surface area contributed by atoms with Crippen molar-refractivity contribution in [3.63, 3.8) is 0 Å². The first kappa shape index (κ1) is 51.1. The summed E-state index contributed by atoms with van der Waals surface area (Å²) in [4.78, 5) is 32.5. The Bertz CT molecular complexity index is 2190. The van der Waals surface area contributed by atoms with E-state index in [1.807, 2.05) is 76.2 Å². The highest BCUT2D eigenvalue weighted by Crippen LogP contribution is 2.31. The molecule has 2 aliphatic rings. The van der Waals surface area contributed by atoms with Crippen LogP contribution in [0.4, 0.5) is 11.4 Å². The summed E-state index contributed by atoms with van der Waals surface area (Å²) in [6.45, 7) is 21.1. The van der Waals surface area contributed by atoms with Crippen LogP contribution in [0.1, 0.15) is 80.4 Å². The quantitative estimate of drug-likeness (QED) is 0.148. The number of piperazine rings is 2. The van der Waals surface area contributed by atoms with Crippen LogP contribution in [-0.4, -0.2) is 134 Å². The number of benzene rings is 2. The second-order valence-corrected chi connectivity index (χ2v) is 24.3. The molecule has 2 aromatic heterocycles. The van der Waals surface area contributed by atoms with Gasteiger partial charge in [-0.1, -0.05) is 36.4 Å². The summed E-state index contributed by atoms with van der Waals surface area (Å²) in [6, 6.07) is 21.8. The van der Waals surface area contributed by atoms with E-state index in [4.69, 9.17) is 0 Å². The molecule has 0 radical (unpaired) electrons. The van der Waals surface area contributed by atoms with Gasteiger partial charge in [0.05, 0.1) is 23.3 Å². The molecule has 0 unspecified atom stereocenters. The van der Waals surface area contributed by atoms with E-state index in [9.17, 15) is 36.6 Å². The first-order valence-electron chi connectivity index (χ1n) is 21.6. The zero-order valence-corrected chi connectivity index (χ0v) is 42.0. The number of carbonyl (C=O) groups excluding carboxylic acids is 2. The van der Waals surface area contributed by atoms with Crippen molar-refractivity contribution in [3.8, 4) is 0 Å². The lowest BCUT2D eigenvalue weighted by Gasteiger charge is -2.44. The molecule has 2 aromatic carbocycles. The average molecular weight is 959 g/mol. The Morgan fingerprint density at radius 1 is 0.609 bits per heavy atom. The van der Waals surface area contributed by atoms with Crippen molar-refractivity contribution >= 4 is 65.9 Å². The number of nitrogens with zero attached hydrogens (tertiary/aromatic N) is 6. The van der Waals surface area contributed by atoms with Crippen LogP contribution >= 0.6 is 22.7 Å². The average Bonchev–Trinajstić information content (AvgIpc) is 3.98. The molecular weight excluding hydrogens is 893 g/mol. The molecule has 0 spiro atoms. The summed E-state index contributed by atoms with van der Waals surface area (Å²) in [5.41, 5.74) is 1.64. The number of rotatable bonds is 14. The Labute approximate surface area is 388 Å². The van der Waals surface area contributed by atoms with Crippen LogP contribution in [0.25, 0.3) is 0 Å². The van der Waals surface area contributed by atoms with Gasteiger partial charge in [0.1, 0.15) is 8.42 Å². The van der Waals surface area contributed by atoms with Crippen LogP contribution in [0.5, 0.6) is 0 Å². The van der Waals surface area contributed by atoms with Crippen molar-refractivity contribution in [1.82, 2.24) is 18.4 Å². The summed E-state index contributed by atoms with van der Waals surface area (Å²) >= 11 is 2.44. The third-order valence-electron chi connectivity index (χ3n) is 11.8. The molecule has 0 saturated carbocycles. The third kappa shape index (κ3) is 12.3. The van der Waals surface area contributed by atoms with Gasteiger partial charge in [0.2, 0.25) is 11.8 Å².